The lowest BCUT2D eigenvalue weighted by Gasteiger charge is -2.35. The van der Waals surface area contributed by atoms with Gasteiger partial charge in [0, 0.05) is 37.4 Å². The number of aromatic nitrogens is 1. The molecule has 4 heteroatoms. The van der Waals surface area contributed by atoms with E-state index in [1.165, 1.54) is 42.3 Å². The summed E-state index contributed by atoms with van der Waals surface area (Å²) in [6, 6.07) is 11.1. The molecule has 1 unspecified atom stereocenters. The first-order valence-electron chi connectivity index (χ1n) is 10.7. The van der Waals surface area contributed by atoms with Crippen LogP contribution in [0.4, 0.5) is 0 Å². The third-order valence-corrected chi connectivity index (χ3v) is 5.94. The highest BCUT2D eigenvalue weighted by Crippen LogP contribution is 2.31. The van der Waals surface area contributed by atoms with Crippen molar-refractivity contribution in [2.24, 2.45) is 0 Å². The summed E-state index contributed by atoms with van der Waals surface area (Å²) in [5, 5.41) is 0. The van der Waals surface area contributed by atoms with Crippen molar-refractivity contribution < 1.29 is 9.53 Å². The summed E-state index contributed by atoms with van der Waals surface area (Å²) < 4.78 is 7.85. The Balaban J connectivity index is 1.64. The van der Waals surface area contributed by atoms with Crippen molar-refractivity contribution in [3.05, 3.63) is 52.8 Å². The van der Waals surface area contributed by atoms with Crippen LogP contribution >= 0.6 is 0 Å². The van der Waals surface area contributed by atoms with E-state index in [1.54, 1.807) is 0 Å². The second-order valence-electron chi connectivity index (χ2n) is 8.04. The zero-order chi connectivity index (χ0) is 20.1. The maximum absolute atomic E-state index is 11.4. The number of hydrogen-bond acceptors (Lipinski definition) is 3. The van der Waals surface area contributed by atoms with E-state index >= 15 is 0 Å². The number of carbonyl (C=O) groups excluding carboxylic acids is 1. The molecule has 28 heavy (non-hydrogen) atoms. The monoisotopic (exact) mass is 382 g/mol. The lowest BCUT2D eigenvalue weighted by Crippen LogP contribution is -2.40. The van der Waals surface area contributed by atoms with Crippen LogP contribution in [0, 0.1) is 13.8 Å². The molecule has 4 nitrogen and oxygen atoms in total. The van der Waals surface area contributed by atoms with E-state index < -0.39 is 0 Å². The van der Waals surface area contributed by atoms with E-state index in [0.717, 1.165) is 44.6 Å². The molecule has 0 saturated heterocycles. The minimum absolute atomic E-state index is 0.237. The Labute approximate surface area is 169 Å². The fourth-order valence-corrected chi connectivity index (χ4v) is 4.56. The van der Waals surface area contributed by atoms with E-state index in [0.29, 0.717) is 6.04 Å². The smallest absolute Gasteiger partial charge is 0.308 e. The van der Waals surface area contributed by atoms with Crippen LogP contribution in [-0.4, -0.2) is 34.6 Å². The van der Waals surface area contributed by atoms with Crippen LogP contribution in [0.5, 0.6) is 5.75 Å². The van der Waals surface area contributed by atoms with Crippen LogP contribution < -0.4 is 4.74 Å². The van der Waals surface area contributed by atoms with E-state index in [9.17, 15) is 4.79 Å². The van der Waals surface area contributed by atoms with Crippen molar-refractivity contribution in [1.82, 2.24) is 9.47 Å². The van der Waals surface area contributed by atoms with Gasteiger partial charge in [0.05, 0.1) is 0 Å². The molecule has 0 saturated carbocycles. The predicted octanol–water partition coefficient (Wildman–Crippen LogP) is 4.69. The van der Waals surface area contributed by atoms with Gasteiger partial charge in [0.1, 0.15) is 5.75 Å². The third-order valence-electron chi connectivity index (χ3n) is 5.94. The molecule has 2 aromatic rings. The first-order chi connectivity index (χ1) is 13.5. The van der Waals surface area contributed by atoms with E-state index in [2.05, 4.69) is 48.4 Å². The maximum atomic E-state index is 11.4. The van der Waals surface area contributed by atoms with Gasteiger partial charge in [0.15, 0.2) is 0 Å². The van der Waals surface area contributed by atoms with E-state index in [1.807, 2.05) is 12.1 Å². The van der Waals surface area contributed by atoms with Crippen molar-refractivity contribution >= 4 is 5.97 Å². The zero-order valence-corrected chi connectivity index (χ0v) is 17.8. The Morgan fingerprint density at radius 1 is 1.18 bits per heavy atom. The van der Waals surface area contributed by atoms with Crippen molar-refractivity contribution in [3.8, 4) is 5.75 Å². The molecule has 3 rings (SSSR count). The van der Waals surface area contributed by atoms with Gasteiger partial charge in [-0.15, -0.1) is 0 Å². The number of hydrogen-bond donors (Lipinski definition) is 0. The van der Waals surface area contributed by atoms with Crippen LogP contribution in [0.25, 0.3) is 0 Å². The van der Waals surface area contributed by atoms with Gasteiger partial charge in [0.25, 0.3) is 0 Å². The first kappa shape index (κ1) is 20.7. The highest BCUT2D eigenvalue weighted by molar-refractivity contribution is 5.70. The molecular weight excluding hydrogens is 348 g/mol. The van der Waals surface area contributed by atoms with Crippen LogP contribution in [0.2, 0.25) is 0 Å². The number of ether oxygens (including phenoxy) is 1. The van der Waals surface area contributed by atoms with Gasteiger partial charge in [-0.05, 0) is 81.8 Å². The minimum atomic E-state index is -0.237. The van der Waals surface area contributed by atoms with E-state index in [-0.39, 0.29) is 5.97 Å². The second-order valence-corrected chi connectivity index (χ2v) is 8.04. The van der Waals surface area contributed by atoms with Crippen molar-refractivity contribution in [2.45, 2.75) is 72.4 Å². The Morgan fingerprint density at radius 2 is 1.93 bits per heavy atom. The molecule has 0 N–H and O–H groups in total. The quantitative estimate of drug-likeness (QED) is 0.491. The summed E-state index contributed by atoms with van der Waals surface area (Å²) >= 11 is 0. The highest BCUT2D eigenvalue weighted by atomic mass is 16.5. The maximum Gasteiger partial charge on any atom is 0.308 e. The molecule has 152 valence electrons. The molecule has 0 spiro atoms. The number of aryl methyl sites for hydroxylation is 2. The molecule has 0 amide bonds. The summed E-state index contributed by atoms with van der Waals surface area (Å²) in [7, 11) is 0. The Hall–Kier alpha value is -2.07. The largest absolute Gasteiger partial charge is 0.426 e. The Kier molecular flexibility index (Phi) is 6.95. The van der Waals surface area contributed by atoms with Gasteiger partial charge in [-0.1, -0.05) is 19.1 Å². The summed E-state index contributed by atoms with van der Waals surface area (Å²) in [6.07, 6.45) is 5.52. The van der Waals surface area contributed by atoms with Crippen LogP contribution in [0.15, 0.2) is 30.3 Å². The summed E-state index contributed by atoms with van der Waals surface area (Å²) in [5.74, 6) is 0.516. The molecule has 0 fully saturated rings. The molecule has 1 heterocycles. The Morgan fingerprint density at radius 3 is 2.61 bits per heavy atom. The minimum Gasteiger partial charge on any atom is -0.426 e. The number of fused-ring (bicyclic) bond motifs is 1. The lowest BCUT2D eigenvalue weighted by atomic mass is 9.86. The molecule has 1 aliphatic rings. The number of benzene rings is 1. The van der Waals surface area contributed by atoms with Crippen LogP contribution in [0.1, 0.15) is 55.6 Å². The molecule has 1 aliphatic carbocycles. The van der Waals surface area contributed by atoms with E-state index in [4.69, 9.17) is 4.74 Å². The van der Waals surface area contributed by atoms with Crippen LogP contribution in [-0.2, 0) is 24.2 Å². The molecule has 0 radical (unpaired) electrons. The zero-order valence-electron chi connectivity index (χ0n) is 17.8. The highest BCUT2D eigenvalue weighted by Gasteiger charge is 2.26. The van der Waals surface area contributed by atoms with Gasteiger partial charge in [-0.3, -0.25) is 9.69 Å². The fourth-order valence-electron chi connectivity index (χ4n) is 4.56. The van der Waals surface area contributed by atoms with Gasteiger partial charge in [0.2, 0.25) is 0 Å². The Bertz CT molecular complexity index is 789. The average molecular weight is 383 g/mol. The normalized spacial score (nSPS) is 16.2. The van der Waals surface area contributed by atoms with Crippen molar-refractivity contribution in [3.63, 3.8) is 0 Å². The number of esters is 1. The number of nitrogens with zero attached hydrogens (tertiary/aromatic N) is 2. The fraction of sp³-hybridized carbons (Fsp3) is 0.542. The first-order valence-corrected chi connectivity index (χ1v) is 10.7. The van der Waals surface area contributed by atoms with Crippen molar-refractivity contribution in [1.29, 1.82) is 0 Å². The van der Waals surface area contributed by atoms with Gasteiger partial charge >= 0.3 is 5.97 Å². The molecule has 0 aliphatic heterocycles. The number of rotatable bonds is 8. The molecule has 1 atom stereocenters. The van der Waals surface area contributed by atoms with Gasteiger partial charge < -0.3 is 9.30 Å². The third kappa shape index (κ3) is 4.85. The summed E-state index contributed by atoms with van der Waals surface area (Å²) in [6.45, 7) is 11.5. The summed E-state index contributed by atoms with van der Waals surface area (Å²) in [4.78, 5) is 14.1. The van der Waals surface area contributed by atoms with Gasteiger partial charge in [-0.2, -0.15) is 0 Å². The molecular formula is C24H34N2O2. The number of carbonyl (C=O) groups is 1. The predicted molar refractivity (Wildman–Crippen MR) is 114 cm³/mol. The molecule has 1 aromatic heterocycles. The van der Waals surface area contributed by atoms with Crippen LogP contribution in [0.3, 0.4) is 0 Å². The topological polar surface area (TPSA) is 34.5 Å². The standard InChI is InChI=1S/C24H34N2O2/c1-5-14-25(15-7-16-26-18(2)10-11-19(26)3)22-12-13-23-21(17-22)8-6-9-24(23)28-20(4)27/h6,8-11,22H,5,7,12-17H2,1-4H3. The lowest BCUT2D eigenvalue weighted by molar-refractivity contribution is -0.131. The van der Waals surface area contributed by atoms with Gasteiger partial charge in [-0.25, -0.2) is 0 Å². The second kappa shape index (κ2) is 9.42. The summed E-state index contributed by atoms with van der Waals surface area (Å²) in [5.41, 5.74) is 5.27. The van der Waals surface area contributed by atoms with Crippen molar-refractivity contribution in [2.75, 3.05) is 13.1 Å². The SMILES string of the molecule is CCCN(CCCn1c(C)ccc1C)C1CCc2c(cccc2OC(C)=O)C1. The molecule has 1 aromatic carbocycles. The molecule has 0 bridgehead atoms. The average Bonchev–Trinajstić information content (AvgIpc) is 2.98.